The summed E-state index contributed by atoms with van der Waals surface area (Å²) in [5, 5.41) is 6.07. The van der Waals surface area contributed by atoms with Crippen LogP contribution < -0.4 is 15.4 Å². The number of hydrogen-bond acceptors (Lipinski definition) is 4. The summed E-state index contributed by atoms with van der Waals surface area (Å²) in [6.45, 7) is 4.79. The third-order valence-corrected chi connectivity index (χ3v) is 2.85. The molecule has 1 atom stereocenters. The molecule has 1 amide bonds. The van der Waals surface area contributed by atoms with Crippen molar-refractivity contribution in [2.24, 2.45) is 0 Å². The van der Waals surface area contributed by atoms with Gasteiger partial charge in [0, 0.05) is 24.8 Å². The summed E-state index contributed by atoms with van der Waals surface area (Å²) < 4.78 is 10.9. The highest BCUT2D eigenvalue weighted by Crippen LogP contribution is 2.17. The molecule has 0 aromatic heterocycles. The summed E-state index contributed by atoms with van der Waals surface area (Å²) in [7, 11) is 0. The van der Waals surface area contributed by atoms with E-state index in [-0.39, 0.29) is 12.0 Å². The van der Waals surface area contributed by atoms with Gasteiger partial charge < -0.3 is 20.1 Å². The van der Waals surface area contributed by atoms with Gasteiger partial charge in [0.2, 0.25) is 5.91 Å². The van der Waals surface area contributed by atoms with Gasteiger partial charge in [-0.1, -0.05) is 6.07 Å². The van der Waals surface area contributed by atoms with E-state index in [2.05, 4.69) is 10.6 Å². The molecule has 5 heteroatoms. The molecule has 0 spiro atoms. The van der Waals surface area contributed by atoms with Crippen LogP contribution in [0.3, 0.4) is 0 Å². The number of carbonyl (C=O) groups is 1. The van der Waals surface area contributed by atoms with Crippen LogP contribution in [0.25, 0.3) is 0 Å². The highest BCUT2D eigenvalue weighted by Gasteiger charge is 2.17. The summed E-state index contributed by atoms with van der Waals surface area (Å²) >= 11 is 0. The molecule has 1 heterocycles. The molecule has 1 unspecified atom stereocenters. The fourth-order valence-electron chi connectivity index (χ4n) is 2.00. The van der Waals surface area contributed by atoms with Gasteiger partial charge in [0.25, 0.3) is 0 Å². The minimum absolute atomic E-state index is 0.0381. The van der Waals surface area contributed by atoms with Gasteiger partial charge in [0.15, 0.2) is 0 Å². The number of benzene rings is 1. The Hall–Kier alpha value is -1.59. The second-order valence-corrected chi connectivity index (χ2v) is 4.41. The Balaban J connectivity index is 1.85. The maximum absolute atomic E-state index is 11.9. The molecule has 1 aromatic rings. The average molecular weight is 264 g/mol. The number of hydrogen-bond donors (Lipinski definition) is 2. The number of amides is 1. The summed E-state index contributed by atoms with van der Waals surface area (Å²) in [4.78, 5) is 11.9. The molecular formula is C14H20N2O3. The Bertz CT molecular complexity index is 417. The number of morpholine rings is 1. The lowest BCUT2D eigenvalue weighted by Crippen LogP contribution is -2.40. The maximum Gasteiger partial charge on any atom is 0.227 e. The Morgan fingerprint density at radius 3 is 3.21 bits per heavy atom. The van der Waals surface area contributed by atoms with Gasteiger partial charge in [-0.05, 0) is 19.1 Å². The smallest absolute Gasteiger partial charge is 0.227 e. The number of nitrogens with one attached hydrogen (secondary N) is 2. The summed E-state index contributed by atoms with van der Waals surface area (Å²) in [6, 6.07) is 7.40. The molecule has 2 rings (SSSR count). The van der Waals surface area contributed by atoms with E-state index in [9.17, 15) is 4.79 Å². The Kier molecular flexibility index (Phi) is 5.18. The molecule has 2 N–H and O–H groups in total. The monoisotopic (exact) mass is 264 g/mol. The molecule has 1 fully saturated rings. The lowest BCUT2D eigenvalue weighted by Gasteiger charge is -2.23. The molecular weight excluding hydrogens is 244 g/mol. The summed E-state index contributed by atoms with van der Waals surface area (Å²) in [6.07, 6.45) is 0.329. The predicted octanol–water partition coefficient (Wildman–Crippen LogP) is 1.40. The third kappa shape index (κ3) is 4.54. The number of ether oxygens (including phenoxy) is 2. The van der Waals surface area contributed by atoms with Gasteiger partial charge in [0.05, 0.1) is 25.7 Å². The van der Waals surface area contributed by atoms with E-state index < -0.39 is 0 Å². The van der Waals surface area contributed by atoms with Crippen molar-refractivity contribution in [3.8, 4) is 5.75 Å². The van der Waals surface area contributed by atoms with Crippen molar-refractivity contribution < 1.29 is 14.3 Å². The predicted molar refractivity (Wildman–Crippen MR) is 73.5 cm³/mol. The van der Waals surface area contributed by atoms with Crippen LogP contribution in [-0.4, -0.2) is 38.3 Å². The van der Waals surface area contributed by atoms with Crippen LogP contribution in [0.15, 0.2) is 24.3 Å². The summed E-state index contributed by atoms with van der Waals surface area (Å²) in [5.41, 5.74) is 0.750. The fourth-order valence-corrected chi connectivity index (χ4v) is 2.00. The topological polar surface area (TPSA) is 59.6 Å². The first kappa shape index (κ1) is 13.8. The van der Waals surface area contributed by atoms with Crippen LogP contribution in [0.5, 0.6) is 5.75 Å². The largest absolute Gasteiger partial charge is 0.494 e. The molecule has 1 saturated heterocycles. The van der Waals surface area contributed by atoms with Crippen LogP contribution >= 0.6 is 0 Å². The van der Waals surface area contributed by atoms with E-state index in [1.807, 2.05) is 31.2 Å². The van der Waals surface area contributed by atoms with E-state index in [1.165, 1.54) is 0 Å². The zero-order valence-corrected chi connectivity index (χ0v) is 11.1. The zero-order chi connectivity index (χ0) is 13.5. The van der Waals surface area contributed by atoms with Crippen LogP contribution in [0.2, 0.25) is 0 Å². The SMILES string of the molecule is CCOc1cccc(NC(=O)CC2CNCCO2)c1. The molecule has 19 heavy (non-hydrogen) atoms. The minimum atomic E-state index is -0.0395. The van der Waals surface area contributed by atoms with Crippen LogP contribution in [0.4, 0.5) is 5.69 Å². The fraction of sp³-hybridized carbons (Fsp3) is 0.500. The normalized spacial score (nSPS) is 18.9. The van der Waals surface area contributed by atoms with E-state index in [0.717, 1.165) is 24.5 Å². The summed E-state index contributed by atoms with van der Waals surface area (Å²) in [5.74, 6) is 0.721. The first-order chi connectivity index (χ1) is 9.28. The van der Waals surface area contributed by atoms with Crippen molar-refractivity contribution in [1.29, 1.82) is 0 Å². The molecule has 104 valence electrons. The molecule has 5 nitrogen and oxygen atoms in total. The molecule has 0 aliphatic carbocycles. The number of anilines is 1. The van der Waals surface area contributed by atoms with Crippen molar-refractivity contribution in [2.75, 3.05) is 31.6 Å². The highest BCUT2D eigenvalue weighted by atomic mass is 16.5. The van der Waals surface area contributed by atoms with E-state index in [4.69, 9.17) is 9.47 Å². The molecule has 1 aliphatic rings. The first-order valence-corrected chi connectivity index (χ1v) is 6.63. The van der Waals surface area contributed by atoms with Gasteiger partial charge in [0.1, 0.15) is 5.75 Å². The van der Waals surface area contributed by atoms with Gasteiger partial charge in [-0.2, -0.15) is 0 Å². The molecule has 0 bridgehead atoms. The Labute approximate surface area is 113 Å². The van der Waals surface area contributed by atoms with Gasteiger partial charge in [-0.3, -0.25) is 4.79 Å². The van der Waals surface area contributed by atoms with Gasteiger partial charge in [-0.25, -0.2) is 0 Å². The van der Waals surface area contributed by atoms with Crippen LogP contribution in [0.1, 0.15) is 13.3 Å². The Morgan fingerprint density at radius 2 is 2.47 bits per heavy atom. The van der Waals surface area contributed by atoms with Crippen LogP contribution in [0, 0.1) is 0 Å². The third-order valence-electron chi connectivity index (χ3n) is 2.85. The lowest BCUT2D eigenvalue weighted by atomic mass is 10.2. The number of carbonyl (C=O) groups excluding carboxylic acids is 1. The minimum Gasteiger partial charge on any atom is -0.494 e. The molecule has 0 radical (unpaired) electrons. The molecule has 0 saturated carbocycles. The van der Waals surface area contributed by atoms with Crippen molar-refractivity contribution >= 4 is 11.6 Å². The lowest BCUT2D eigenvalue weighted by molar-refractivity contribution is -0.119. The van der Waals surface area contributed by atoms with Crippen LogP contribution in [-0.2, 0) is 9.53 Å². The van der Waals surface area contributed by atoms with Crippen molar-refractivity contribution in [2.45, 2.75) is 19.4 Å². The zero-order valence-electron chi connectivity index (χ0n) is 11.1. The average Bonchev–Trinajstić information content (AvgIpc) is 2.40. The van der Waals surface area contributed by atoms with Gasteiger partial charge >= 0.3 is 0 Å². The van der Waals surface area contributed by atoms with Crippen molar-refractivity contribution in [3.05, 3.63) is 24.3 Å². The van der Waals surface area contributed by atoms with E-state index in [1.54, 1.807) is 0 Å². The molecule has 1 aliphatic heterocycles. The quantitative estimate of drug-likeness (QED) is 0.844. The second kappa shape index (κ2) is 7.11. The van der Waals surface area contributed by atoms with E-state index in [0.29, 0.717) is 19.6 Å². The standard InChI is InChI=1S/C14H20N2O3/c1-2-18-12-5-3-4-11(8-12)16-14(17)9-13-10-15-6-7-19-13/h3-5,8,13,15H,2,6-7,9-10H2,1H3,(H,16,17). The van der Waals surface area contributed by atoms with Crippen molar-refractivity contribution in [1.82, 2.24) is 5.32 Å². The Morgan fingerprint density at radius 1 is 1.58 bits per heavy atom. The first-order valence-electron chi connectivity index (χ1n) is 6.63. The van der Waals surface area contributed by atoms with E-state index >= 15 is 0 Å². The second-order valence-electron chi connectivity index (χ2n) is 4.41. The molecule has 1 aromatic carbocycles. The van der Waals surface area contributed by atoms with Gasteiger partial charge in [-0.15, -0.1) is 0 Å². The maximum atomic E-state index is 11.9. The highest BCUT2D eigenvalue weighted by molar-refractivity contribution is 5.91. The van der Waals surface area contributed by atoms with Crippen molar-refractivity contribution in [3.63, 3.8) is 0 Å². The number of rotatable bonds is 5.